The molecule has 0 saturated heterocycles. The SMILES string of the molecule is Cc1cccc(C(=O)N(C)Cc2ccccc2Br)c1Br. The third-order valence-electron chi connectivity index (χ3n) is 3.13. The molecule has 0 spiro atoms. The monoisotopic (exact) mass is 395 g/mol. The van der Waals surface area contributed by atoms with Crippen molar-refractivity contribution in [2.75, 3.05) is 7.05 Å². The molecular weight excluding hydrogens is 382 g/mol. The van der Waals surface area contributed by atoms with Crippen molar-refractivity contribution in [3.8, 4) is 0 Å². The summed E-state index contributed by atoms with van der Waals surface area (Å²) in [6.07, 6.45) is 0. The molecule has 0 bridgehead atoms. The second-order valence-electron chi connectivity index (χ2n) is 4.69. The van der Waals surface area contributed by atoms with E-state index >= 15 is 0 Å². The number of benzene rings is 2. The summed E-state index contributed by atoms with van der Waals surface area (Å²) in [5.74, 6) is 0.0105. The van der Waals surface area contributed by atoms with Gasteiger partial charge in [0.25, 0.3) is 5.91 Å². The largest absolute Gasteiger partial charge is 0.337 e. The fourth-order valence-corrected chi connectivity index (χ4v) is 2.82. The van der Waals surface area contributed by atoms with Crippen LogP contribution in [0, 0.1) is 6.92 Å². The van der Waals surface area contributed by atoms with Crippen LogP contribution in [0.3, 0.4) is 0 Å². The zero-order chi connectivity index (χ0) is 14.7. The van der Waals surface area contributed by atoms with Crippen LogP contribution in [0.1, 0.15) is 21.5 Å². The molecule has 0 fully saturated rings. The van der Waals surface area contributed by atoms with Gasteiger partial charge in [0.1, 0.15) is 0 Å². The Morgan fingerprint density at radius 3 is 2.50 bits per heavy atom. The highest BCUT2D eigenvalue weighted by molar-refractivity contribution is 9.10. The summed E-state index contributed by atoms with van der Waals surface area (Å²) in [5, 5.41) is 0. The molecule has 2 nitrogen and oxygen atoms in total. The van der Waals surface area contributed by atoms with Crippen molar-refractivity contribution in [2.45, 2.75) is 13.5 Å². The molecule has 0 radical (unpaired) electrons. The van der Waals surface area contributed by atoms with Crippen LogP contribution in [-0.2, 0) is 6.54 Å². The number of hydrogen-bond donors (Lipinski definition) is 0. The topological polar surface area (TPSA) is 20.3 Å². The molecule has 0 aliphatic rings. The number of hydrogen-bond acceptors (Lipinski definition) is 1. The van der Waals surface area contributed by atoms with E-state index in [-0.39, 0.29) is 5.91 Å². The average molecular weight is 397 g/mol. The smallest absolute Gasteiger partial charge is 0.255 e. The standard InChI is InChI=1S/C16H15Br2NO/c1-11-6-5-8-13(15(11)18)16(20)19(2)10-12-7-3-4-9-14(12)17/h3-9H,10H2,1-2H3. The highest BCUT2D eigenvalue weighted by atomic mass is 79.9. The van der Waals surface area contributed by atoms with E-state index in [1.807, 2.05) is 56.4 Å². The maximum atomic E-state index is 12.5. The van der Waals surface area contributed by atoms with Crippen molar-refractivity contribution in [2.24, 2.45) is 0 Å². The minimum atomic E-state index is 0.0105. The van der Waals surface area contributed by atoms with Crippen molar-refractivity contribution in [1.29, 1.82) is 0 Å². The van der Waals surface area contributed by atoms with Gasteiger partial charge in [-0.15, -0.1) is 0 Å². The molecule has 0 unspecified atom stereocenters. The van der Waals surface area contributed by atoms with Gasteiger partial charge in [-0.3, -0.25) is 4.79 Å². The zero-order valence-corrected chi connectivity index (χ0v) is 14.5. The van der Waals surface area contributed by atoms with Crippen molar-refractivity contribution in [3.05, 3.63) is 68.1 Å². The maximum Gasteiger partial charge on any atom is 0.255 e. The second-order valence-corrected chi connectivity index (χ2v) is 6.34. The Kier molecular flexibility index (Phi) is 5.00. The Bertz CT molecular complexity index is 640. The van der Waals surface area contributed by atoms with Crippen LogP contribution in [0.4, 0.5) is 0 Å². The van der Waals surface area contributed by atoms with Crippen LogP contribution >= 0.6 is 31.9 Å². The first-order chi connectivity index (χ1) is 9.50. The highest BCUT2D eigenvalue weighted by Gasteiger charge is 2.16. The van der Waals surface area contributed by atoms with Gasteiger partial charge in [0.15, 0.2) is 0 Å². The molecule has 0 aromatic heterocycles. The normalized spacial score (nSPS) is 10.4. The quantitative estimate of drug-likeness (QED) is 0.730. The Morgan fingerprint density at radius 2 is 1.80 bits per heavy atom. The van der Waals surface area contributed by atoms with Crippen molar-refractivity contribution in [3.63, 3.8) is 0 Å². The molecular formula is C16H15Br2NO. The van der Waals surface area contributed by atoms with Gasteiger partial charge in [-0.2, -0.15) is 0 Å². The predicted octanol–water partition coefficient (Wildman–Crippen LogP) is 4.79. The fraction of sp³-hybridized carbons (Fsp3) is 0.188. The van der Waals surface area contributed by atoms with E-state index in [1.165, 1.54) is 0 Å². The number of carbonyl (C=O) groups excluding carboxylic acids is 1. The minimum Gasteiger partial charge on any atom is -0.337 e. The Labute approximate surface area is 136 Å². The van der Waals surface area contributed by atoms with Crippen LogP contribution in [0.15, 0.2) is 51.4 Å². The molecule has 2 aromatic rings. The van der Waals surface area contributed by atoms with E-state index in [0.29, 0.717) is 12.1 Å². The van der Waals surface area contributed by atoms with Crippen LogP contribution < -0.4 is 0 Å². The summed E-state index contributed by atoms with van der Waals surface area (Å²) >= 11 is 7.00. The van der Waals surface area contributed by atoms with E-state index in [0.717, 1.165) is 20.1 Å². The first kappa shape index (κ1) is 15.3. The lowest BCUT2D eigenvalue weighted by Gasteiger charge is -2.19. The first-order valence-corrected chi connectivity index (χ1v) is 7.83. The van der Waals surface area contributed by atoms with Crippen LogP contribution in [0.5, 0.6) is 0 Å². The lowest BCUT2D eigenvalue weighted by Crippen LogP contribution is -2.26. The fourth-order valence-electron chi connectivity index (χ4n) is 1.97. The number of carbonyl (C=O) groups is 1. The minimum absolute atomic E-state index is 0.0105. The van der Waals surface area contributed by atoms with Gasteiger partial charge >= 0.3 is 0 Å². The van der Waals surface area contributed by atoms with Crippen LogP contribution in [-0.4, -0.2) is 17.9 Å². The van der Waals surface area contributed by atoms with Gasteiger partial charge in [0.05, 0.1) is 5.56 Å². The second kappa shape index (κ2) is 6.55. The molecule has 2 rings (SSSR count). The van der Waals surface area contributed by atoms with Crippen molar-refractivity contribution >= 4 is 37.8 Å². The zero-order valence-electron chi connectivity index (χ0n) is 11.4. The van der Waals surface area contributed by atoms with E-state index < -0.39 is 0 Å². The van der Waals surface area contributed by atoms with E-state index in [4.69, 9.17) is 0 Å². The Hall–Kier alpha value is -1.13. The lowest BCUT2D eigenvalue weighted by atomic mass is 10.1. The van der Waals surface area contributed by atoms with Gasteiger partial charge in [-0.25, -0.2) is 0 Å². The molecule has 0 saturated carbocycles. The number of rotatable bonds is 3. The molecule has 0 aliphatic heterocycles. The Balaban J connectivity index is 2.21. The van der Waals surface area contributed by atoms with Gasteiger partial charge in [0.2, 0.25) is 0 Å². The summed E-state index contributed by atoms with van der Waals surface area (Å²) < 4.78 is 1.88. The molecule has 20 heavy (non-hydrogen) atoms. The van der Waals surface area contributed by atoms with Gasteiger partial charge < -0.3 is 4.90 Å². The number of amides is 1. The first-order valence-electron chi connectivity index (χ1n) is 6.24. The van der Waals surface area contributed by atoms with E-state index in [2.05, 4.69) is 31.9 Å². The number of aryl methyl sites for hydroxylation is 1. The predicted molar refractivity (Wildman–Crippen MR) is 88.8 cm³/mol. The van der Waals surface area contributed by atoms with Crippen LogP contribution in [0.2, 0.25) is 0 Å². The lowest BCUT2D eigenvalue weighted by molar-refractivity contribution is 0.0784. The third-order valence-corrected chi connectivity index (χ3v) is 4.96. The molecule has 104 valence electrons. The maximum absolute atomic E-state index is 12.5. The summed E-state index contributed by atoms with van der Waals surface area (Å²) in [4.78, 5) is 14.2. The van der Waals surface area contributed by atoms with E-state index in [1.54, 1.807) is 4.90 Å². The molecule has 4 heteroatoms. The van der Waals surface area contributed by atoms with Crippen molar-refractivity contribution in [1.82, 2.24) is 4.90 Å². The summed E-state index contributed by atoms with van der Waals surface area (Å²) in [6.45, 7) is 2.55. The summed E-state index contributed by atoms with van der Waals surface area (Å²) in [6, 6.07) is 13.7. The molecule has 0 atom stereocenters. The van der Waals surface area contributed by atoms with Crippen molar-refractivity contribution < 1.29 is 4.79 Å². The molecule has 0 aliphatic carbocycles. The number of halogens is 2. The average Bonchev–Trinajstić information content (AvgIpc) is 2.43. The third kappa shape index (κ3) is 3.30. The van der Waals surface area contributed by atoms with Gasteiger partial charge in [-0.05, 0) is 46.1 Å². The Morgan fingerprint density at radius 1 is 1.10 bits per heavy atom. The molecule has 2 aromatic carbocycles. The van der Waals surface area contributed by atoms with Crippen LogP contribution in [0.25, 0.3) is 0 Å². The molecule has 1 amide bonds. The van der Waals surface area contributed by atoms with Gasteiger partial charge in [-0.1, -0.05) is 46.3 Å². The highest BCUT2D eigenvalue weighted by Crippen LogP contribution is 2.23. The summed E-state index contributed by atoms with van der Waals surface area (Å²) in [7, 11) is 1.82. The number of nitrogens with zero attached hydrogens (tertiary/aromatic N) is 1. The van der Waals surface area contributed by atoms with Gasteiger partial charge in [0, 0.05) is 22.5 Å². The summed E-state index contributed by atoms with van der Waals surface area (Å²) in [5.41, 5.74) is 2.84. The molecule has 0 heterocycles. The van der Waals surface area contributed by atoms with E-state index in [9.17, 15) is 4.79 Å². The molecule has 0 N–H and O–H groups in total.